The summed E-state index contributed by atoms with van der Waals surface area (Å²) in [4.78, 5) is 6.19. The number of hydrogen-bond donors (Lipinski definition) is 2. The number of piperidine rings is 3. The van der Waals surface area contributed by atoms with E-state index in [1.807, 2.05) is 0 Å². The fraction of sp³-hybridized carbons (Fsp3) is 0.778. The smallest absolute Gasteiger partial charge is 0.260 e. The third-order valence-electron chi connectivity index (χ3n) is 3.48. The standard InChI is InChI=1S/C9H14N4O2/c10-9-11-8(15-12-9)6-7(14)5-1-3-13(6)4-2-5/h5-7,14H,1-4H2,(H2,10,12). The SMILES string of the molecule is Nc1noc(C2C(O)C3CCN2CC3)n1. The Bertz CT molecular complexity index is 357. The minimum Gasteiger partial charge on any atom is -0.391 e. The highest BCUT2D eigenvalue weighted by atomic mass is 16.5. The van der Waals surface area contributed by atoms with E-state index in [0.29, 0.717) is 11.8 Å². The van der Waals surface area contributed by atoms with Crippen LogP contribution in [0.1, 0.15) is 24.8 Å². The Morgan fingerprint density at radius 3 is 2.67 bits per heavy atom. The molecule has 0 aromatic carbocycles. The van der Waals surface area contributed by atoms with Crippen molar-refractivity contribution in [3.63, 3.8) is 0 Å². The molecule has 2 atom stereocenters. The van der Waals surface area contributed by atoms with Gasteiger partial charge in [-0.3, -0.25) is 4.90 Å². The van der Waals surface area contributed by atoms with Crippen LogP contribution in [-0.4, -0.2) is 39.3 Å². The number of aromatic nitrogens is 2. The Labute approximate surface area is 87.1 Å². The van der Waals surface area contributed by atoms with E-state index < -0.39 is 6.10 Å². The molecule has 0 aliphatic carbocycles. The fourth-order valence-electron chi connectivity index (χ4n) is 2.68. The summed E-state index contributed by atoms with van der Waals surface area (Å²) in [5.41, 5.74) is 5.41. The van der Waals surface area contributed by atoms with Crippen LogP contribution in [-0.2, 0) is 0 Å². The van der Waals surface area contributed by atoms with Crippen LogP contribution < -0.4 is 5.73 Å². The molecule has 3 aliphatic rings. The molecule has 0 saturated carbocycles. The molecule has 2 unspecified atom stereocenters. The Morgan fingerprint density at radius 2 is 2.13 bits per heavy atom. The molecule has 82 valence electrons. The second kappa shape index (κ2) is 3.18. The number of nitrogen functional groups attached to an aromatic ring is 1. The van der Waals surface area contributed by atoms with E-state index in [-0.39, 0.29) is 12.0 Å². The van der Waals surface area contributed by atoms with Gasteiger partial charge in [-0.2, -0.15) is 4.98 Å². The number of fused-ring (bicyclic) bond motifs is 3. The van der Waals surface area contributed by atoms with Crippen molar-refractivity contribution < 1.29 is 9.63 Å². The van der Waals surface area contributed by atoms with E-state index in [1.54, 1.807) is 0 Å². The Morgan fingerprint density at radius 1 is 1.40 bits per heavy atom. The lowest BCUT2D eigenvalue weighted by Gasteiger charge is -2.47. The summed E-state index contributed by atoms with van der Waals surface area (Å²) in [6, 6.07) is -0.151. The molecule has 15 heavy (non-hydrogen) atoms. The zero-order valence-electron chi connectivity index (χ0n) is 8.33. The van der Waals surface area contributed by atoms with E-state index in [0.717, 1.165) is 25.9 Å². The number of hydrogen-bond acceptors (Lipinski definition) is 6. The highest BCUT2D eigenvalue weighted by Crippen LogP contribution is 2.40. The van der Waals surface area contributed by atoms with Gasteiger partial charge in [0.15, 0.2) is 0 Å². The summed E-state index contributed by atoms with van der Waals surface area (Å²) < 4.78 is 5.04. The average molecular weight is 210 g/mol. The first kappa shape index (κ1) is 9.11. The van der Waals surface area contributed by atoms with Crippen LogP contribution in [0.2, 0.25) is 0 Å². The number of anilines is 1. The third kappa shape index (κ3) is 1.32. The van der Waals surface area contributed by atoms with Crippen molar-refractivity contribution in [3.8, 4) is 0 Å². The molecule has 3 fully saturated rings. The van der Waals surface area contributed by atoms with Gasteiger partial charge in [0.2, 0.25) is 5.89 Å². The van der Waals surface area contributed by atoms with E-state index >= 15 is 0 Å². The minimum atomic E-state index is -0.396. The van der Waals surface area contributed by atoms with Crippen molar-refractivity contribution in [2.45, 2.75) is 25.0 Å². The topological polar surface area (TPSA) is 88.4 Å². The third-order valence-corrected chi connectivity index (χ3v) is 3.48. The Hall–Kier alpha value is -1.14. The van der Waals surface area contributed by atoms with Gasteiger partial charge in [0.1, 0.15) is 6.04 Å². The average Bonchev–Trinajstić information content (AvgIpc) is 2.66. The van der Waals surface area contributed by atoms with Crippen LogP contribution in [0.5, 0.6) is 0 Å². The van der Waals surface area contributed by atoms with Crippen molar-refractivity contribution in [2.75, 3.05) is 18.8 Å². The van der Waals surface area contributed by atoms with Crippen LogP contribution in [0.3, 0.4) is 0 Å². The highest BCUT2D eigenvalue weighted by molar-refractivity contribution is 5.14. The second-order valence-corrected chi connectivity index (χ2v) is 4.30. The summed E-state index contributed by atoms with van der Waals surface area (Å²) in [5, 5.41) is 13.7. The quantitative estimate of drug-likeness (QED) is 0.666. The summed E-state index contributed by atoms with van der Waals surface area (Å²) in [6.45, 7) is 1.99. The van der Waals surface area contributed by atoms with Gasteiger partial charge in [-0.1, -0.05) is 0 Å². The first-order valence-corrected chi connectivity index (χ1v) is 5.27. The normalized spacial score (nSPS) is 39.5. The first-order chi connectivity index (χ1) is 7.25. The lowest BCUT2D eigenvalue weighted by Crippen LogP contribution is -2.52. The number of nitrogens with zero attached hydrogens (tertiary/aromatic N) is 3. The highest BCUT2D eigenvalue weighted by Gasteiger charge is 2.44. The molecule has 0 amide bonds. The molecule has 6 nitrogen and oxygen atoms in total. The molecule has 4 heterocycles. The van der Waals surface area contributed by atoms with Crippen molar-refractivity contribution in [3.05, 3.63) is 5.89 Å². The van der Waals surface area contributed by atoms with Crippen LogP contribution in [0, 0.1) is 5.92 Å². The maximum Gasteiger partial charge on any atom is 0.260 e. The van der Waals surface area contributed by atoms with Crippen LogP contribution in [0.4, 0.5) is 5.95 Å². The van der Waals surface area contributed by atoms with E-state index in [9.17, 15) is 5.11 Å². The maximum absolute atomic E-state index is 10.1. The molecular weight excluding hydrogens is 196 g/mol. The molecule has 3 saturated heterocycles. The lowest BCUT2D eigenvalue weighted by molar-refractivity contribution is -0.0841. The summed E-state index contributed by atoms with van der Waals surface area (Å²) in [7, 11) is 0. The zero-order chi connectivity index (χ0) is 10.4. The Balaban J connectivity index is 1.92. The van der Waals surface area contributed by atoms with Gasteiger partial charge in [-0.05, 0) is 37.0 Å². The second-order valence-electron chi connectivity index (χ2n) is 4.30. The maximum atomic E-state index is 10.1. The molecule has 1 aromatic rings. The molecular formula is C9H14N4O2. The Kier molecular flexibility index (Phi) is 1.93. The predicted molar refractivity (Wildman–Crippen MR) is 51.8 cm³/mol. The molecule has 3 aliphatic heterocycles. The summed E-state index contributed by atoms with van der Waals surface area (Å²) in [6.07, 6.45) is 1.72. The van der Waals surface area contributed by atoms with E-state index in [4.69, 9.17) is 10.3 Å². The van der Waals surface area contributed by atoms with Gasteiger partial charge in [0.25, 0.3) is 5.95 Å². The minimum absolute atomic E-state index is 0.139. The van der Waals surface area contributed by atoms with Crippen molar-refractivity contribution in [1.82, 2.24) is 15.0 Å². The van der Waals surface area contributed by atoms with E-state index in [2.05, 4.69) is 15.0 Å². The van der Waals surface area contributed by atoms with Crippen LogP contribution in [0.25, 0.3) is 0 Å². The first-order valence-electron chi connectivity index (χ1n) is 5.27. The number of aliphatic hydroxyl groups is 1. The molecule has 0 spiro atoms. The number of rotatable bonds is 1. The van der Waals surface area contributed by atoms with Crippen molar-refractivity contribution >= 4 is 5.95 Å². The van der Waals surface area contributed by atoms with Crippen LogP contribution in [0.15, 0.2) is 4.52 Å². The van der Waals surface area contributed by atoms with Crippen molar-refractivity contribution in [1.29, 1.82) is 0 Å². The molecule has 1 aromatic heterocycles. The van der Waals surface area contributed by atoms with Gasteiger partial charge < -0.3 is 15.4 Å². The van der Waals surface area contributed by atoms with E-state index in [1.165, 1.54) is 0 Å². The summed E-state index contributed by atoms with van der Waals surface area (Å²) >= 11 is 0. The molecule has 2 bridgehead atoms. The van der Waals surface area contributed by atoms with Crippen LogP contribution >= 0.6 is 0 Å². The molecule has 3 N–H and O–H groups in total. The van der Waals surface area contributed by atoms with Gasteiger partial charge in [0, 0.05) is 0 Å². The lowest BCUT2D eigenvalue weighted by atomic mass is 9.80. The molecule has 4 rings (SSSR count). The van der Waals surface area contributed by atoms with Gasteiger partial charge >= 0.3 is 0 Å². The largest absolute Gasteiger partial charge is 0.391 e. The number of nitrogens with two attached hydrogens (primary N) is 1. The predicted octanol–water partition coefficient (Wildman–Crippen LogP) is -0.221. The molecule has 0 radical (unpaired) electrons. The fourth-order valence-corrected chi connectivity index (χ4v) is 2.68. The van der Waals surface area contributed by atoms with Crippen molar-refractivity contribution in [2.24, 2.45) is 5.92 Å². The molecule has 6 heteroatoms. The monoisotopic (exact) mass is 210 g/mol. The van der Waals surface area contributed by atoms with Gasteiger partial charge in [-0.25, -0.2) is 0 Å². The van der Waals surface area contributed by atoms with Gasteiger partial charge in [-0.15, -0.1) is 0 Å². The van der Waals surface area contributed by atoms with Gasteiger partial charge in [0.05, 0.1) is 6.10 Å². The summed E-state index contributed by atoms with van der Waals surface area (Å²) in [5.74, 6) is 0.956. The number of aliphatic hydroxyl groups excluding tert-OH is 1. The zero-order valence-corrected chi connectivity index (χ0v) is 8.33.